The van der Waals surface area contributed by atoms with E-state index in [9.17, 15) is 14.0 Å². The van der Waals surface area contributed by atoms with Crippen molar-refractivity contribution < 1.29 is 23.8 Å². The van der Waals surface area contributed by atoms with Crippen LogP contribution in [0, 0.1) is 17.7 Å². The SMILES string of the molecule is CC1CC(C(=O)O)CN(C(=O)NCCOc2ncccc2F)C1. The Morgan fingerprint density at radius 3 is 3.00 bits per heavy atom. The van der Waals surface area contributed by atoms with Crippen LogP contribution in [0.1, 0.15) is 13.3 Å². The monoisotopic (exact) mass is 325 g/mol. The first-order valence-corrected chi connectivity index (χ1v) is 7.46. The van der Waals surface area contributed by atoms with Gasteiger partial charge in [-0.05, 0) is 24.5 Å². The molecule has 1 aromatic rings. The van der Waals surface area contributed by atoms with Crippen LogP contribution >= 0.6 is 0 Å². The average Bonchev–Trinajstić information content (AvgIpc) is 2.52. The molecule has 2 unspecified atom stereocenters. The zero-order valence-corrected chi connectivity index (χ0v) is 12.9. The maximum Gasteiger partial charge on any atom is 0.317 e. The molecule has 0 bridgehead atoms. The number of aromatic nitrogens is 1. The molecule has 0 aromatic carbocycles. The number of carbonyl (C=O) groups excluding carboxylic acids is 1. The Labute approximate surface area is 133 Å². The van der Waals surface area contributed by atoms with Crippen molar-refractivity contribution in [1.29, 1.82) is 0 Å². The van der Waals surface area contributed by atoms with Crippen LogP contribution in [0.25, 0.3) is 0 Å². The third-order valence-electron chi connectivity index (χ3n) is 3.64. The van der Waals surface area contributed by atoms with Gasteiger partial charge in [0, 0.05) is 19.3 Å². The molecule has 1 fully saturated rings. The quantitative estimate of drug-likeness (QED) is 0.797. The van der Waals surface area contributed by atoms with Crippen molar-refractivity contribution in [2.24, 2.45) is 11.8 Å². The number of likely N-dealkylation sites (tertiary alicyclic amines) is 1. The Bertz CT molecular complexity index is 569. The Morgan fingerprint density at radius 1 is 1.52 bits per heavy atom. The number of hydrogen-bond acceptors (Lipinski definition) is 4. The summed E-state index contributed by atoms with van der Waals surface area (Å²) in [6.07, 6.45) is 1.99. The number of hydrogen-bond donors (Lipinski definition) is 2. The minimum absolute atomic E-state index is 0.0748. The van der Waals surface area contributed by atoms with Crippen LogP contribution in [0.3, 0.4) is 0 Å². The Morgan fingerprint density at radius 2 is 2.30 bits per heavy atom. The van der Waals surface area contributed by atoms with Gasteiger partial charge in [0.1, 0.15) is 6.61 Å². The number of carbonyl (C=O) groups is 2. The van der Waals surface area contributed by atoms with Crippen LogP contribution < -0.4 is 10.1 Å². The Kier molecular flexibility index (Phi) is 5.72. The average molecular weight is 325 g/mol. The minimum atomic E-state index is -0.886. The van der Waals surface area contributed by atoms with E-state index >= 15 is 0 Å². The van der Waals surface area contributed by atoms with Crippen molar-refractivity contribution in [2.45, 2.75) is 13.3 Å². The summed E-state index contributed by atoms with van der Waals surface area (Å²) in [5.74, 6) is -1.96. The number of pyridine rings is 1. The zero-order valence-electron chi connectivity index (χ0n) is 12.9. The van der Waals surface area contributed by atoms with Crippen LogP contribution in [-0.4, -0.2) is 53.2 Å². The van der Waals surface area contributed by atoms with Crippen LogP contribution in [0.4, 0.5) is 9.18 Å². The summed E-state index contributed by atoms with van der Waals surface area (Å²) in [7, 11) is 0. The number of aliphatic carboxylic acids is 1. The predicted octanol–water partition coefficient (Wildman–Crippen LogP) is 1.35. The molecule has 7 nitrogen and oxygen atoms in total. The third kappa shape index (κ3) is 4.80. The highest BCUT2D eigenvalue weighted by Crippen LogP contribution is 2.21. The second kappa shape index (κ2) is 7.75. The molecule has 1 saturated heterocycles. The molecule has 1 aliphatic heterocycles. The van der Waals surface area contributed by atoms with Crippen LogP contribution in [0.2, 0.25) is 0 Å². The second-order valence-corrected chi connectivity index (χ2v) is 5.65. The lowest BCUT2D eigenvalue weighted by Gasteiger charge is -2.34. The first-order chi connectivity index (χ1) is 11.0. The number of urea groups is 1. The summed E-state index contributed by atoms with van der Waals surface area (Å²) in [4.78, 5) is 28.4. The van der Waals surface area contributed by atoms with E-state index in [4.69, 9.17) is 9.84 Å². The molecule has 2 heterocycles. The van der Waals surface area contributed by atoms with Gasteiger partial charge >= 0.3 is 12.0 Å². The molecule has 8 heteroatoms. The summed E-state index contributed by atoms with van der Waals surface area (Å²) in [6, 6.07) is 2.36. The first kappa shape index (κ1) is 17.0. The van der Waals surface area contributed by atoms with E-state index in [1.54, 1.807) is 0 Å². The molecule has 2 rings (SSSR count). The Hall–Kier alpha value is -2.38. The molecular formula is C15H20FN3O4. The van der Waals surface area contributed by atoms with Gasteiger partial charge in [0.05, 0.1) is 12.5 Å². The summed E-state index contributed by atoms with van der Waals surface area (Å²) in [5, 5.41) is 11.7. The maximum absolute atomic E-state index is 13.3. The van der Waals surface area contributed by atoms with Crippen molar-refractivity contribution in [3.8, 4) is 5.88 Å². The van der Waals surface area contributed by atoms with Gasteiger partial charge in [-0.2, -0.15) is 0 Å². The van der Waals surface area contributed by atoms with E-state index < -0.39 is 17.7 Å². The largest absolute Gasteiger partial charge is 0.481 e. The van der Waals surface area contributed by atoms with Crippen LogP contribution in [-0.2, 0) is 4.79 Å². The molecular weight excluding hydrogens is 305 g/mol. The summed E-state index contributed by atoms with van der Waals surface area (Å²) >= 11 is 0. The predicted molar refractivity (Wildman–Crippen MR) is 79.6 cm³/mol. The molecule has 0 radical (unpaired) electrons. The second-order valence-electron chi connectivity index (χ2n) is 5.65. The van der Waals surface area contributed by atoms with Crippen molar-refractivity contribution in [3.05, 3.63) is 24.1 Å². The number of amides is 2. The molecule has 0 aliphatic carbocycles. The summed E-state index contributed by atoms with van der Waals surface area (Å²) in [6.45, 7) is 2.89. The molecule has 0 saturated carbocycles. The van der Waals surface area contributed by atoms with Gasteiger partial charge in [0.15, 0.2) is 5.82 Å². The van der Waals surface area contributed by atoms with E-state index in [0.717, 1.165) is 0 Å². The molecule has 1 aliphatic rings. The van der Waals surface area contributed by atoms with Crippen molar-refractivity contribution in [1.82, 2.24) is 15.2 Å². The fraction of sp³-hybridized carbons (Fsp3) is 0.533. The fourth-order valence-corrected chi connectivity index (χ4v) is 2.59. The topological polar surface area (TPSA) is 91.8 Å². The lowest BCUT2D eigenvalue weighted by Crippen LogP contribution is -2.50. The fourth-order valence-electron chi connectivity index (χ4n) is 2.59. The highest BCUT2D eigenvalue weighted by molar-refractivity contribution is 5.76. The standard InChI is InChI=1S/C15H20FN3O4/c1-10-7-11(14(20)21)9-19(8-10)15(22)18-5-6-23-13-12(16)3-2-4-17-13/h2-4,10-11H,5-9H2,1H3,(H,18,22)(H,20,21). The molecule has 2 N–H and O–H groups in total. The van der Waals surface area contributed by atoms with Gasteiger partial charge < -0.3 is 20.1 Å². The molecule has 126 valence electrons. The summed E-state index contributed by atoms with van der Waals surface area (Å²) in [5.41, 5.74) is 0. The Balaban J connectivity index is 1.76. The first-order valence-electron chi connectivity index (χ1n) is 7.46. The molecule has 2 atom stereocenters. The molecule has 0 spiro atoms. The zero-order chi connectivity index (χ0) is 16.8. The van der Waals surface area contributed by atoms with Gasteiger partial charge in [0.25, 0.3) is 0 Å². The van der Waals surface area contributed by atoms with E-state index in [2.05, 4.69) is 10.3 Å². The van der Waals surface area contributed by atoms with Crippen molar-refractivity contribution in [3.63, 3.8) is 0 Å². The van der Waals surface area contributed by atoms with Gasteiger partial charge in [-0.3, -0.25) is 4.79 Å². The number of rotatable bonds is 5. The number of piperidine rings is 1. The number of carboxylic acid groups (broad SMARTS) is 1. The summed E-state index contributed by atoms with van der Waals surface area (Å²) < 4.78 is 18.4. The minimum Gasteiger partial charge on any atom is -0.481 e. The third-order valence-corrected chi connectivity index (χ3v) is 3.64. The number of ether oxygens (including phenoxy) is 1. The lowest BCUT2D eigenvalue weighted by molar-refractivity contribution is -0.143. The van der Waals surface area contributed by atoms with Gasteiger partial charge in [0.2, 0.25) is 5.88 Å². The number of nitrogens with one attached hydrogen (secondary N) is 1. The number of nitrogens with zero attached hydrogens (tertiary/aromatic N) is 2. The molecule has 2 amide bonds. The van der Waals surface area contributed by atoms with E-state index in [-0.39, 0.29) is 37.5 Å². The molecule has 1 aromatic heterocycles. The van der Waals surface area contributed by atoms with Crippen molar-refractivity contribution >= 4 is 12.0 Å². The smallest absolute Gasteiger partial charge is 0.317 e. The van der Waals surface area contributed by atoms with E-state index in [1.165, 1.54) is 23.2 Å². The van der Waals surface area contributed by atoms with Gasteiger partial charge in [-0.1, -0.05) is 6.92 Å². The highest BCUT2D eigenvalue weighted by Gasteiger charge is 2.31. The van der Waals surface area contributed by atoms with Crippen molar-refractivity contribution in [2.75, 3.05) is 26.2 Å². The van der Waals surface area contributed by atoms with Crippen LogP contribution in [0.15, 0.2) is 18.3 Å². The normalized spacial score (nSPS) is 20.9. The van der Waals surface area contributed by atoms with Gasteiger partial charge in [-0.25, -0.2) is 14.2 Å². The number of carboxylic acids is 1. The molecule has 23 heavy (non-hydrogen) atoms. The van der Waals surface area contributed by atoms with Crippen LogP contribution in [0.5, 0.6) is 5.88 Å². The van der Waals surface area contributed by atoms with E-state index in [1.807, 2.05) is 6.92 Å². The lowest BCUT2D eigenvalue weighted by atomic mass is 9.91. The van der Waals surface area contributed by atoms with E-state index in [0.29, 0.717) is 13.0 Å². The maximum atomic E-state index is 13.3. The highest BCUT2D eigenvalue weighted by atomic mass is 19.1. The number of halogens is 1. The van der Waals surface area contributed by atoms with Gasteiger partial charge in [-0.15, -0.1) is 0 Å².